The zero-order chi connectivity index (χ0) is 17.6. The Kier molecular flexibility index (Phi) is 5.71. The number of benzene rings is 1. The lowest BCUT2D eigenvalue weighted by Gasteiger charge is -2.31. The van der Waals surface area contributed by atoms with E-state index in [-0.39, 0.29) is 5.91 Å². The molecular weight excluding hydrogens is 316 g/mol. The summed E-state index contributed by atoms with van der Waals surface area (Å²) < 4.78 is 5.30. The van der Waals surface area contributed by atoms with Gasteiger partial charge in [-0.15, -0.1) is 0 Å². The number of aromatic amines is 1. The maximum Gasteiger partial charge on any atom is 0.255 e. The summed E-state index contributed by atoms with van der Waals surface area (Å²) >= 11 is 0. The highest BCUT2D eigenvalue weighted by Crippen LogP contribution is 2.21. The molecular formula is C19H26N4O2. The van der Waals surface area contributed by atoms with Crippen molar-refractivity contribution < 1.29 is 9.53 Å². The summed E-state index contributed by atoms with van der Waals surface area (Å²) in [4.78, 5) is 22.1. The van der Waals surface area contributed by atoms with E-state index >= 15 is 0 Å². The van der Waals surface area contributed by atoms with Crippen LogP contribution in [0.4, 0.5) is 0 Å². The Hall–Kier alpha value is -2.34. The maximum atomic E-state index is 12.5. The molecule has 6 nitrogen and oxygen atoms in total. The van der Waals surface area contributed by atoms with E-state index in [9.17, 15) is 4.79 Å². The molecule has 0 saturated carbocycles. The van der Waals surface area contributed by atoms with Gasteiger partial charge >= 0.3 is 0 Å². The number of amides is 1. The number of hydrogen-bond acceptors (Lipinski definition) is 4. The van der Waals surface area contributed by atoms with Gasteiger partial charge in [-0.05, 0) is 50.9 Å². The van der Waals surface area contributed by atoms with Gasteiger partial charge in [-0.25, -0.2) is 4.98 Å². The first-order valence-electron chi connectivity index (χ1n) is 8.78. The summed E-state index contributed by atoms with van der Waals surface area (Å²) in [5, 5.41) is 3.08. The van der Waals surface area contributed by atoms with E-state index in [1.54, 1.807) is 13.4 Å². The third-order valence-electron chi connectivity index (χ3n) is 4.81. The summed E-state index contributed by atoms with van der Waals surface area (Å²) in [5.41, 5.74) is 2.82. The molecule has 1 saturated heterocycles. The number of aromatic nitrogens is 2. The Morgan fingerprint density at radius 1 is 1.40 bits per heavy atom. The quantitative estimate of drug-likeness (QED) is 0.845. The second-order valence-electron chi connectivity index (χ2n) is 6.71. The molecule has 0 spiro atoms. The molecule has 0 atom stereocenters. The third kappa shape index (κ3) is 4.60. The highest BCUT2D eigenvalue weighted by Gasteiger charge is 2.21. The molecule has 1 aliphatic rings. The largest absolute Gasteiger partial charge is 0.496 e. The van der Waals surface area contributed by atoms with Gasteiger partial charge in [0.2, 0.25) is 0 Å². The number of aryl methyl sites for hydroxylation is 1. The van der Waals surface area contributed by atoms with Crippen LogP contribution in [0.2, 0.25) is 0 Å². The smallest absolute Gasteiger partial charge is 0.255 e. The Bertz CT molecular complexity index is 691. The average Bonchev–Trinajstić information content (AvgIpc) is 3.14. The number of carbonyl (C=O) groups is 1. The molecule has 0 radical (unpaired) electrons. The second-order valence-corrected chi connectivity index (χ2v) is 6.71. The molecule has 0 aliphatic carbocycles. The van der Waals surface area contributed by atoms with Crippen molar-refractivity contribution in [3.05, 3.63) is 47.5 Å². The van der Waals surface area contributed by atoms with Crippen molar-refractivity contribution in [2.45, 2.75) is 26.3 Å². The number of piperidine rings is 1. The van der Waals surface area contributed by atoms with Crippen LogP contribution in [0.15, 0.2) is 30.7 Å². The van der Waals surface area contributed by atoms with E-state index in [1.165, 1.54) is 0 Å². The van der Waals surface area contributed by atoms with Gasteiger partial charge in [0.25, 0.3) is 5.91 Å². The van der Waals surface area contributed by atoms with Gasteiger partial charge in [0.05, 0.1) is 19.0 Å². The number of ether oxygens (including phenoxy) is 1. The van der Waals surface area contributed by atoms with E-state index in [4.69, 9.17) is 4.74 Å². The Morgan fingerprint density at radius 2 is 2.20 bits per heavy atom. The lowest BCUT2D eigenvalue weighted by atomic mass is 9.96. The summed E-state index contributed by atoms with van der Waals surface area (Å²) in [6.07, 6.45) is 5.79. The number of hydrogen-bond donors (Lipinski definition) is 2. The summed E-state index contributed by atoms with van der Waals surface area (Å²) in [7, 11) is 1.59. The van der Waals surface area contributed by atoms with Gasteiger partial charge in [-0.3, -0.25) is 9.69 Å². The van der Waals surface area contributed by atoms with Crippen LogP contribution < -0.4 is 10.1 Å². The number of imidazole rings is 1. The van der Waals surface area contributed by atoms with Crippen molar-refractivity contribution in [1.29, 1.82) is 0 Å². The van der Waals surface area contributed by atoms with E-state index in [1.807, 2.05) is 31.3 Å². The van der Waals surface area contributed by atoms with E-state index < -0.39 is 0 Å². The van der Waals surface area contributed by atoms with Gasteiger partial charge in [0.1, 0.15) is 5.75 Å². The van der Waals surface area contributed by atoms with Gasteiger partial charge in [0.15, 0.2) is 0 Å². The summed E-state index contributed by atoms with van der Waals surface area (Å²) in [6, 6.07) is 5.67. The maximum absolute atomic E-state index is 12.5. The van der Waals surface area contributed by atoms with Crippen LogP contribution in [0.5, 0.6) is 5.75 Å². The summed E-state index contributed by atoms with van der Waals surface area (Å²) in [5.74, 6) is 1.09. The number of nitrogens with zero attached hydrogens (tertiary/aromatic N) is 2. The number of carbonyl (C=O) groups excluding carboxylic acids is 1. The molecule has 0 bridgehead atoms. The fourth-order valence-corrected chi connectivity index (χ4v) is 3.29. The fourth-order valence-electron chi connectivity index (χ4n) is 3.29. The van der Waals surface area contributed by atoms with Crippen molar-refractivity contribution in [3.63, 3.8) is 0 Å². The predicted octanol–water partition coefficient (Wildman–Crippen LogP) is 2.37. The molecule has 1 fully saturated rings. The van der Waals surface area contributed by atoms with Crippen LogP contribution in [-0.2, 0) is 6.54 Å². The van der Waals surface area contributed by atoms with Crippen LogP contribution in [0.1, 0.15) is 34.5 Å². The Balaban J connectivity index is 1.47. The molecule has 1 amide bonds. The van der Waals surface area contributed by atoms with Crippen molar-refractivity contribution in [3.8, 4) is 5.75 Å². The molecule has 25 heavy (non-hydrogen) atoms. The molecule has 0 unspecified atom stereocenters. The number of methoxy groups -OCH3 is 1. The molecule has 2 aromatic rings. The van der Waals surface area contributed by atoms with E-state index in [0.29, 0.717) is 23.8 Å². The van der Waals surface area contributed by atoms with Crippen molar-refractivity contribution >= 4 is 5.91 Å². The lowest BCUT2D eigenvalue weighted by Crippen LogP contribution is -2.38. The van der Waals surface area contributed by atoms with E-state index in [0.717, 1.165) is 43.7 Å². The normalized spacial score (nSPS) is 15.9. The highest BCUT2D eigenvalue weighted by molar-refractivity contribution is 5.97. The number of nitrogens with one attached hydrogen (secondary N) is 2. The third-order valence-corrected chi connectivity index (χ3v) is 4.81. The van der Waals surface area contributed by atoms with Crippen LogP contribution in [0.3, 0.4) is 0 Å². The van der Waals surface area contributed by atoms with E-state index in [2.05, 4.69) is 20.2 Å². The Morgan fingerprint density at radius 3 is 2.88 bits per heavy atom. The topological polar surface area (TPSA) is 70.2 Å². The molecule has 1 aromatic carbocycles. The monoisotopic (exact) mass is 342 g/mol. The SMILES string of the molecule is COc1ccc(C)cc1C(=O)NCC1CCN(Cc2cnc[nH]2)CC1. The summed E-state index contributed by atoms with van der Waals surface area (Å²) in [6.45, 7) is 5.71. The number of rotatable bonds is 6. The molecule has 1 aromatic heterocycles. The number of likely N-dealkylation sites (tertiary alicyclic amines) is 1. The molecule has 6 heteroatoms. The van der Waals surface area contributed by atoms with Gasteiger partial charge in [0, 0.05) is 25.0 Å². The zero-order valence-electron chi connectivity index (χ0n) is 14.9. The van der Waals surface area contributed by atoms with Gasteiger partial charge in [-0.1, -0.05) is 11.6 Å². The second kappa shape index (κ2) is 8.16. The standard InChI is InChI=1S/C19H26N4O2/c1-14-3-4-18(25-2)17(9-14)19(24)21-10-15-5-7-23(8-6-15)12-16-11-20-13-22-16/h3-4,9,11,13,15H,5-8,10,12H2,1-2H3,(H,20,22)(H,21,24). The van der Waals surface area contributed by atoms with Crippen LogP contribution in [-0.4, -0.2) is 47.5 Å². The molecule has 1 aliphatic heterocycles. The minimum Gasteiger partial charge on any atom is -0.496 e. The lowest BCUT2D eigenvalue weighted by molar-refractivity contribution is 0.0932. The van der Waals surface area contributed by atoms with Gasteiger partial charge in [-0.2, -0.15) is 0 Å². The molecule has 2 heterocycles. The van der Waals surface area contributed by atoms with Crippen LogP contribution in [0.25, 0.3) is 0 Å². The first kappa shape index (κ1) is 17.5. The minimum atomic E-state index is -0.0551. The molecule has 134 valence electrons. The van der Waals surface area contributed by atoms with Crippen LogP contribution in [0, 0.1) is 12.8 Å². The minimum absolute atomic E-state index is 0.0551. The Labute approximate surface area is 148 Å². The van der Waals surface area contributed by atoms with Crippen molar-refractivity contribution in [2.75, 3.05) is 26.7 Å². The average molecular weight is 342 g/mol. The first-order chi connectivity index (χ1) is 12.2. The fraction of sp³-hybridized carbons (Fsp3) is 0.474. The molecule has 2 N–H and O–H groups in total. The van der Waals surface area contributed by atoms with Crippen LogP contribution >= 0.6 is 0 Å². The van der Waals surface area contributed by atoms with Crippen molar-refractivity contribution in [2.24, 2.45) is 5.92 Å². The number of H-pyrrole nitrogens is 1. The van der Waals surface area contributed by atoms with Crippen molar-refractivity contribution in [1.82, 2.24) is 20.2 Å². The first-order valence-corrected chi connectivity index (χ1v) is 8.78. The van der Waals surface area contributed by atoms with Gasteiger partial charge < -0.3 is 15.0 Å². The molecule has 3 rings (SSSR count). The predicted molar refractivity (Wildman–Crippen MR) is 96.7 cm³/mol. The highest BCUT2D eigenvalue weighted by atomic mass is 16.5. The zero-order valence-corrected chi connectivity index (χ0v) is 14.9.